The first kappa shape index (κ1) is 10.7. The Balaban J connectivity index is 2.24. The molecule has 2 rings (SSSR count). The van der Waals surface area contributed by atoms with E-state index in [2.05, 4.69) is 0 Å². The van der Waals surface area contributed by atoms with Crippen LogP contribution >= 0.6 is 11.6 Å². The molecule has 0 bridgehead atoms. The second kappa shape index (κ2) is 3.95. The van der Waals surface area contributed by atoms with Crippen LogP contribution in [0.15, 0.2) is 24.3 Å². The lowest BCUT2D eigenvalue weighted by Crippen LogP contribution is -2.35. The third-order valence-electron chi connectivity index (χ3n) is 2.96. The third kappa shape index (κ3) is 2.06. The molecule has 1 aromatic carbocycles. The second-order valence-corrected chi connectivity index (χ2v) is 4.51. The monoisotopic (exact) mass is 224 g/mol. The SMILES string of the molecule is O=C(c1ccc(Cl)cc1)C1(O)CCCC1. The average molecular weight is 225 g/mol. The van der Waals surface area contributed by atoms with Crippen LogP contribution in [-0.4, -0.2) is 16.5 Å². The molecule has 0 aliphatic heterocycles. The van der Waals surface area contributed by atoms with E-state index in [1.165, 1.54) is 0 Å². The predicted octanol–water partition coefficient (Wildman–Crippen LogP) is 2.83. The molecule has 15 heavy (non-hydrogen) atoms. The topological polar surface area (TPSA) is 37.3 Å². The molecule has 1 aromatic rings. The fourth-order valence-electron chi connectivity index (χ4n) is 2.06. The van der Waals surface area contributed by atoms with Gasteiger partial charge in [0.15, 0.2) is 5.78 Å². The maximum atomic E-state index is 12.0. The molecule has 0 saturated heterocycles. The Labute approximate surface area is 93.9 Å². The van der Waals surface area contributed by atoms with Crippen LogP contribution in [0.5, 0.6) is 0 Å². The Morgan fingerprint density at radius 2 is 1.73 bits per heavy atom. The number of benzene rings is 1. The second-order valence-electron chi connectivity index (χ2n) is 4.07. The minimum absolute atomic E-state index is 0.170. The van der Waals surface area contributed by atoms with Crippen molar-refractivity contribution in [2.24, 2.45) is 0 Å². The average Bonchev–Trinajstić information content (AvgIpc) is 2.67. The standard InChI is InChI=1S/C12H13ClO2/c13-10-5-3-9(4-6-10)11(14)12(15)7-1-2-8-12/h3-6,15H,1-2,7-8H2. The first-order valence-electron chi connectivity index (χ1n) is 5.15. The van der Waals surface area contributed by atoms with Crippen LogP contribution in [0.4, 0.5) is 0 Å². The lowest BCUT2D eigenvalue weighted by atomic mass is 9.91. The molecule has 0 radical (unpaired) electrons. The van der Waals surface area contributed by atoms with Gasteiger partial charge in [0.05, 0.1) is 0 Å². The van der Waals surface area contributed by atoms with Gasteiger partial charge in [0.1, 0.15) is 5.60 Å². The number of carbonyl (C=O) groups excluding carboxylic acids is 1. The number of hydrogen-bond donors (Lipinski definition) is 1. The van der Waals surface area contributed by atoms with Crippen LogP contribution < -0.4 is 0 Å². The quantitative estimate of drug-likeness (QED) is 0.785. The van der Waals surface area contributed by atoms with E-state index < -0.39 is 5.60 Å². The van der Waals surface area contributed by atoms with Gasteiger partial charge in [-0.3, -0.25) is 4.79 Å². The van der Waals surface area contributed by atoms with Gasteiger partial charge in [-0.05, 0) is 49.9 Å². The summed E-state index contributed by atoms with van der Waals surface area (Å²) in [5.41, 5.74) is -0.586. The molecular weight excluding hydrogens is 212 g/mol. The maximum Gasteiger partial charge on any atom is 0.194 e. The van der Waals surface area contributed by atoms with E-state index in [0.29, 0.717) is 23.4 Å². The minimum atomic E-state index is -1.13. The van der Waals surface area contributed by atoms with Gasteiger partial charge in [0.2, 0.25) is 0 Å². The van der Waals surface area contributed by atoms with E-state index >= 15 is 0 Å². The predicted molar refractivity (Wildman–Crippen MR) is 59.2 cm³/mol. The number of aliphatic hydroxyl groups is 1. The number of hydrogen-bond acceptors (Lipinski definition) is 2. The van der Waals surface area contributed by atoms with Gasteiger partial charge in [-0.25, -0.2) is 0 Å². The van der Waals surface area contributed by atoms with Gasteiger partial charge in [-0.15, -0.1) is 0 Å². The molecule has 0 unspecified atom stereocenters. The van der Waals surface area contributed by atoms with E-state index in [1.807, 2.05) is 0 Å². The lowest BCUT2D eigenvalue weighted by Gasteiger charge is -2.20. The van der Waals surface area contributed by atoms with Crippen molar-refractivity contribution in [3.63, 3.8) is 0 Å². The van der Waals surface area contributed by atoms with Gasteiger partial charge in [-0.1, -0.05) is 11.6 Å². The van der Waals surface area contributed by atoms with Gasteiger partial charge >= 0.3 is 0 Å². The zero-order valence-corrected chi connectivity index (χ0v) is 9.13. The number of halogens is 1. The third-order valence-corrected chi connectivity index (χ3v) is 3.21. The molecule has 0 spiro atoms. The lowest BCUT2D eigenvalue weighted by molar-refractivity contribution is 0.0353. The van der Waals surface area contributed by atoms with E-state index in [0.717, 1.165) is 12.8 Å². The normalized spacial score (nSPS) is 19.1. The molecule has 3 heteroatoms. The summed E-state index contributed by atoms with van der Waals surface area (Å²) in [6, 6.07) is 6.68. The van der Waals surface area contributed by atoms with Crippen LogP contribution in [-0.2, 0) is 0 Å². The van der Waals surface area contributed by atoms with E-state index in [-0.39, 0.29) is 5.78 Å². The summed E-state index contributed by atoms with van der Waals surface area (Å²) in [5, 5.41) is 10.7. The highest BCUT2D eigenvalue weighted by atomic mass is 35.5. The summed E-state index contributed by atoms with van der Waals surface area (Å²) in [6.45, 7) is 0. The molecule has 0 aromatic heterocycles. The number of carbonyl (C=O) groups is 1. The van der Waals surface area contributed by atoms with Gasteiger partial charge < -0.3 is 5.11 Å². The van der Waals surface area contributed by atoms with Gasteiger partial charge in [-0.2, -0.15) is 0 Å². The Morgan fingerprint density at radius 1 is 1.20 bits per heavy atom. The van der Waals surface area contributed by atoms with Crippen LogP contribution in [0.2, 0.25) is 5.02 Å². The van der Waals surface area contributed by atoms with Crippen molar-refractivity contribution in [2.45, 2.75) is 31.3 Å². The van der Waals surface area contributed by atoms with Gasteiger partial charge in [0, 0.05) is 10.6 Å². The van der Waals surface area contributed by atoms with Crippen molar-refractivity contribution in [2.75, 3.05) is 0 Å². The molecule has 1 aliphatic carbocycles. The Kier molecular flexibility index (Phi) is 2.81. The Bertz CT molecular complexity index is 364. The highest BCUT2D eigenvalue weighted by molar-refractivity contribution is 6.30. The van der Waals surface area contributed by atoms with Crippen molar-refractivity contribution in [3.8, 4) is 0 Å². The molecule has 2 nitrogen and oxygen atoms in total. The molecule has 0 amide bonds. The highest BCUT2D eigenvalue weighted by Gasteiger charge is 2.38. The Morgan fingerprint density at radius 3 is 2.27 bits per heavy atom. The van der Waals surface area contributed by atoms with Crippen molar-refractivity contribution >= 4 is 17.4 Å². The zero-order chi connectivity index (χ0) is 10.9. The molecule has 1 saturated carbocycles. The smallest absolute Gasteiger partial charge is 0.194 e. The van der Waals surface area contributed by atoms with Crippen molar-refractivity contribution < 1.29 is 9.90 Å². The Hall–Kier alpha value is -0.860. The summed E-state index contributed by atoms with van der Waals surface area (Å²) in [4.78, 5) is 12.0. The van der Waals surface area contributed by atoms with E-state index in [1.54, 1.807) is 24.3 Å². The molecule has 0 heterocycles. The highest BCUT2D eigenvalue weighted by Crippen LogP contribution is 2.32. The summed E-state index contributed by atoms with van der Waals surface area (Å²) in [6.07, 6.45) is 3.01. The first-order valence-corrected chi connectivity index (χ1v) is 5.52. The molecule has 0 atom stereocenters. The summed E-state index contributed by atoms with van der Waals surface area (Å²) in [5.74, 6) is -0.170. The minimum Gasteiger partial charge on any atom is -0.382 e. The molecule has 80 valence electrons. The van der Waals surface area contributed by atoms with Crippen molar-refractivity contribution in [1.82, 2.24) is 0 Å². The van der Waals surface area contributed by atoms with Crippen LogP contribution in [0.3, 0.4) is 0 Å². The van der Waals surface area contributed by atoms with Crippen LogP contribution in [0, 0.1) is 0 Å². The fraction of sp³-hybridized carbons (Fsp3) is 0.417. The van der Waals surface area contributed by atoms with Crippen molar-refractivity contribution in [1.29, 1.82) is 0 Å². The zero-order valence-electron chi connectivity index (χ0n) is 8.37. The molecule has 1 N–H and O–H groups in total. The summed E-state index contributed by atoms with van der Waals surface area (Å²) >= 11 is 5.74. The number of ketones is 1. The van der Waals surface area contributed by atoms with Crippen molar-refractivity contribution in [3.05, 3.63) is 34.9 Å². The van der Waals surface area contributed by atoms with Gasteiger partial charge in [0.25, 0.3) is 0 Å². The van der Waals surface area contributed by atoms with E-state index in [9.17, 15) is 9.90 Å². The number of rotatable bonds is 2. The van der Waals surface area contributed by atoms with Crippen LogP contribution in [0.25, 0.3) is 0 Å². The maximum absolute atomic E-state index is 12.0. The molecule has 1 aliphatic rings. The summed E-state index contributed by atoms with van der Waals surface area (Å²) < 4.78 is 0. The molecular formula is C12H13ClO2. The fourth-order valence-corrected chi connectivity index (χ4v) is 2.18. The van der Waals surface area contributed by atoms with Crippen LogP contribution in [0.1, 0.15) is 36.0 Å². The first-order chi connectivity index (χ1) is 7.12. The number of Topliss-reactive ketones (excluding diaryl/α,β-unsaturated/α-hetero) is 1. The largest absolute Gasteiger partial charge is 0.382 e. The molecule has 1 fully saturated rings. The summed E-state index contributed by atoms with van der Waals surface area (Å²) in [7, 11) is 0. The van der Waals surface area contributed by atoms with E-state index in [4.69, 9.17) is 11.6 Å².